The lowest BCUT2D eigenvalue weighted by Crippen LogP contribution is -2.57. The number of carbonyl (C=O) groups excluding carboxylic acids is 1. The summed E-state index contributed by atoms with van der Waals surface area (Å²) in [6.07, 6.45) is 2.22. The van der Waals surface area contributed by atoms with Gasteiger partial charge in [-0.2, -0.15) is 0 Å². The molecule has 1 aromatic carbocycles. The Morgan fingerprint density at radius 2 is 1.96 bits per heavy atom. The van der Waals surface area contributed by atoms with Crippen LogP contribution in [0.25, 0.3) is 0 Å². The number of esters is 1. The number of benzene rings is 1. The first-order valence-corrected chi connectivity index (χ1v) is 10.3. The highest BCUT2D eigenvalue weighted by Crippen LogP contribution is 2.57. The molecule has 0 saturated heterocycles. The van der Waals surface area contributed by atoms with E-state index < -0.39 is 29.9 Å². The summed E-state index contributed by atoms with van der Waals surface area (Å²) in [7, 11) is 0. The Morgan fingerprint density at radius 1 is 1.25 bits per heavy atom. The summed E-state index contributed by atoms with van der Waals surface area (Å²) in [4.78, 5) is 22.5. The van der Waals surface area contributed by atoms with E-state index in [0.29, 0.717) is 12.3 Å². The third-order valence-electron chi connectivity index (χ3n) is 7.18. The van der Waals surface area contributed by atoms with Crippen LogP contribution < -0.4 is 0 Å². The minimum atomic E-state index is -1.17. The van der Waals surface area contributed by atoms with Crippen LogP contribution in [-0.4, -0.2) is 34.9 Å². The number of rotatable bonds is 5. The van der Waals surface area contributed by atoms with Crippen molar-refractivity contribution in [3.05, 3.63) is 34.9 Å². The Kier molecular flexibility index (Phi) is 5.59. The first-order chi connectivity index (χ1) is 13.1. The van der Waals surface area contributed by atoms with Crippen molar-refractivity contribution in [1.29, 1.82) is 0 Å². The van der Waals surface area contributed by atoms with E-state index in [2.05, 4.69) is 45.9 Å². The zero-order valence-electron chi connectivity index (χ0n) is 17.3. The summed E-state index contributed by atoms with van der Waals surface area (Å²) in [6.45, 7) is 8.83. The monoisotopic (exact) mass is 388 g/mol. The maximum Gasteiger partial charge on any atom is 0.317 e. The van der Waals surface area contributed by atoms with Crippen LogP contribution in [0.1, 0.15) is 76.0 Å². The fourth-order valence-corrected chi connectivity index (χ4v) is 5.51. The Labute approximate surface area is 167 Å². The Balaban J connectivity index is 1.90. The number of aryl methyl sites for hydroxylation is 1. The molecule has 0 radical (unpaired) electrons. The van der Waals surface area contributed by atoms with Crippen LogP contribution in [0.5, 0.6) is 0 Å². The van der Waals surface area contributed by atoms with Gasteiger partial charge in [0, 0.05) is 10.8 Å². The lowest BCUT2D eigenvalue weighted by Gasteiger charge is -2.57. The van der Waals surface area contributed by atoms with Crippen LogP contribution >= 0.6 is 0 Å². The SMILES string of the molecule is CC(C)c1ccc2c(c1)CCC1C(C)(COC(=O)CC(=O)O)CCC(O)C21C. The topological polar surface area (TPSA) is 83.8 Å². The number of aliphatic carboxylic acids is 1. The minimum Gasteiger partial charge on any atom is -0.481 e. The van der Waals surface area contributed by atoms with Crippen molar-refractivity contribution in [1.82, 2.24) is 0 Å². The van der Waals surface area contributed by atoms with E-state index >= 15 is 0 Å². The molecule has 2 aliphatic carbocycles. The molecule has 3 rings (SSSR count). The second-order valence-electron chi connectivity index (χ2n) is 9.38. The molecule has 2 N–H and O–H groups in total. The van der Waals surface area contributed by atoms with Gasteiger partial charge in [0.15, 0.2) is 0 Å². The normalized spacial score (nSPS) is 31.8. The van der Waals surface area contributed by atoms with E-state index in [9.17, 15) is 14.7 Å². The number of carbonyl (C=O) groups is 2. The quantitative estimate of drug-likeness (QED) is 0.592. The van der Waals surface area contributed by atoms with Gasteiger partial charge in [0.1, 0.15) is 6.42 Å². The maximum atomic E-state index is 11.8. The first kappa shape index (κ1) is 20.8. The van der Waals surface area contributed by atoms with Crippen molar-refractivity contribution in [2.75, 3.05) is 6.61 Å². The molecule has 0 spiro atoms. The molecule has 2 aliphatic rings. The number of aliphatic hydroxyl groups excluding tert-OH is 1. The van der Waals surface area contributed by atoms with Gasteiger partial charge in [0.05, 0.1) is 12.7 Å². The van der Waals surface area contributed by atoms with Crippen LogP contribution in [0, 0.1) is 11.3 Å². The molecule has 4 atom stereocenters. The lowest BCUT2D eigenvalue weighted by molar-refractivity contribution is -0.158. The molecule has 4 unspecified atom stereocenters. The fourth-order valence-electron chi connectivity index (χ4n) is 5.51. The van der Waals surface area contributed by atoms with Crippen molar-refractivity contribution in [3.8, 4) is 0 Å². The third kappa shape index (κ3) is 3.57. The van der Waals surface area contributed by atoms with Crippen LogP contribution in [0.4, 0.5) is 0 Å². The molecule has 0 bridgehead atoms. The van der Waals surface area contributed by atoms with Crippen molar-refractivity contribution in [3.63, 3.8) is 0 Å². The average molecular weight is 389 g/mol. The number of hydrogen-bond acceptors (Lipinski definition) is 4. The van der Waals surface area contributed by atoms with Gasteiger partial charge in [-0.05, 0) is 54.2 Å². The summed E-state index contributed by atoms with van der Waals surface area (Å²) < 4.78 is 5.36. The van der Waals surface area contributed by atoms with Gasteiger partial charge in [-0.1, -0.05) is 45.9 Å². The predicted molar refractivity (Wildman–Crippen MR) is 106 cm³/mol. The molecule has 5 heteroatoms. The molecule has 0 aromatic heterocycles. The van der Waals surface area contributed by atoms with Crippen LogP contribution in [0.3, 0.4) is 0 Å². The molecule has 0 heterocycles. The van der Waals surface area contributed by atoms with Gasteiger partial charge in [0.25, 0.3) is 0 Å². The van der Waals surface area contributed by atoms with Crippen LogP contribution in [0.2, 0.25) is 0 Å². The molecule has 0 aliphatic heterocycles. The number of ether oxygens (including phenoxy) is 1. The summed E-state index contributed by atoms with van der Waals surface area (Å²) in [5.41, 5.74) is 3.17. The highest BCUT2D eigenvalue weighted by molar-refractivity contribution is 5.90. The second kappa shape index (κ2) is 7.51. The Bertz CT molecular complexity index is 770. The summed E-state index contributed by atoms with van der Waals surface area (Å²) >= 11 is 0. The number of hydrogen-bond donors (Lipinski definition) is 2. The average Bonchev–Trinajstić information content (AvgIpc) is 2.63. The van der Waals surface area contributed by atoms with Crippen molar-refractivity contribution < 1.29 is 24.5 Å². The van der Waals surface area contributed by atoms with Gasteiger partial charge in [-0.3, -0.25) is 9.59 Å². The molecular formula is C23H32O5. The van der Waals surface area contributed by atoms with E-state index in [-0.39, 0.29) is 17.9 Å². The molecule has 1 saturated carbocycles. The lowest BCUT2D eigenvalue weighted by atomic mass is 9.49. The number of fused-ring (bicyclic) bond motifs is 3. The third-order valence-corrected chi connectivity index (χ3v) is 7.18. The molecule has 5 nitrogen and oxygen atoms in total. The standard InChI is InChI=1S/C23H32O5/c1-14(2)15-5-7-17-16(11-15)6-8-18-22(3,10-9-19(24)23(17,18)4)13-28-21(27)12-20(25)26/h5,7,11,14,18-19,24H,6,8-10,12-13H2,1-4H3,(H,25,26). The van der Waals surface area contributed by atoms with Gasteiger partial charge in [0.2, 0.25) is 0 Å². The smallest absolute Gasteiger partial charge is 0.317 e. The fraction of sp³-hybridized carbons (Fsp3) is 0.652. The zero-order chi connectivity index (χ0) is 20.7. The molecular weight excluding hydrogens is 356 g/mol. The molecule has 1 aromatic rings. The van der Waals surface area contributed by atoms with Gasteiger partial charge >= 0.3 is 11.9 Å². The molecule has 0 amide bonds. The van der Waals surface area contributed by atoms with Gasteiger partial charge < -0.3 is 14.9 Å². The highest BCUT2D eigenvalue weighted by atomic mass is 16.5. The van der Waals surface area contributed by atoms with Gasteiger partial charge in [-0.25, -0.2) is 0 Å². The summed E-state index contributed by atoms with van der Waals surface area (Å²) in [5.74, 6) is -1.24. The van der Waals surface area contributed by atoms with Crippen LogP contribution in [-0.2, 0) is 26.2 Å². The van der Waals surface area contributed by atoms with Crippen molar-refractivity contribution >= 4 is 11.9 Å². The molecule has 28 heavy (non-hydrogen) atoms. The first-order valence-electron chi connectivity index (χ1n) is 10.3. The Morgan fingerprint density at radius 3 is 2.61 bits per heavy atom. The summed E-state index contributed by atoms with van der Waals surface area (Å²) in [5, 5.41) is 19.8. The zero-order valence-corrected chi connectivity index (χ0v) is 17.3. The highest BCUT2D eigenvalue weighted by Gasteiger charge is 2.56. The molecule has 1 fully saturated rings. The van der Waals surface area contributed by atoms with E-state index in [1.165, 1.54) is 16.7 Å². The largest absolute Gasteiger partial charge is 0.481 e. The number of aliphatic hydroxyl groups is 1. The van der Waals surface area contributed by atoms with Crippen molar-refractivity contribution in [2.24, 2.45) is 11.3 Å². The second-order valence-corrected chi connectivity index (χ2v) is 9.38. The number of carboxylic acids is 1. The van der Waals surface area contributed by atoms with E-state index in [1.54, 1.807) is 0 Å². The predicted octanol–water partition coefficient (Wildman–Crippen LogP) is 3.81. The minimum absolute atomic E-state index is 0.166. The number of carboxylic acid groups (broad SMARTS) is 1. The molecule has 154 valence electrons. The van der Waals surface area contributed by atoms with Crippen molar-refractivity contribution in [2.45, 2.75) is 77.2 Å². The maximum absolute atomic E-state index is 11.8. The van der Waals surface area contributed by atoms with Gasteiger partial charge in [-0.15, -0.1) is 0 Å². The van der Waals surface area contributed by atoms with E-state index in [1.807, 2.05) is 0 Å². The Hall–Kier alpha value is -1.88. The summed E-state index contributed by atoms with van der Waals surface area (Å²) in [6, 6.07) is 6.64. The van der Waals surface area contributed by atoms with E-state index in [4.69, 9.17) is 9.84 Å². The van der Waals surface area contributed by atoms with Crippen LogP contribution in [0.15, 0.2) is 18.2 Å². The van der Waals surface area contributed by atoms with E-state index in [0.717, 1.165) is 19.3 Å².